The molecule has 0 fully saturated rings. The maximum Gasteiger partial charge on any atom is 0.324 e. The number of carbonyl (C=O) groups excluding carboxylic acids is 1. The van der Waals surface area contributed by atoms with Gasteiger partial charge in [0.1, 0.15) is 11.0 Å². The molecule has 2 nitrogen and oxygen atoms in total. The molecule has 11 heavy (non-hydrogen) atoms. The second-order valence-corrected chi connectivity index (χ2v) is 3.80. The first-order chi connectivity index (χ1) is 4.89. The Balaban J connectivity index is 3.94. The molecule has 0 aliphatic heterocycles. The number of rotatable bonds is 3. The zero-order valence-corrected chi connectivity index (χ0v) is 8.23. The molecule has 0 N–H and O–H groups in total. The minimum atomic E-state index is -0.555. The second kappa shape index (κ2) is 3.96. The Hall–Kier alpha value is -0.240. The zero-order valence-electron chi connectivity index (χ0n) is 7.48. The Labute approximate surface area is 72.9 Å². The van der Waals surface area contributed by atoms with Crippen molar-refractivity contribution in [2.45, 2.75) is 45.1 Å². The molecule has 66 valence electrons. The van der Waals surface area contributed by atoms with Crippen molar-refractivity contribution < 1.29 is 9.53 Å². The first-order valence-corrected chi connectivity index (χ1v) is 4.19. The number of hydrogen-bond donors (Lipinski definition) is 0. The minimum Gasteiger partial charge on any atom is -0.459 e. The molecule has 0 aliphatic rings. The number of halogens is 1. The van der Waals surface area contributed by atoms with E-state index in [-0.39, 0.29) is 11.6 Å². The number of alkyl halides is 1. The van der Waals surface area contributed by atoms with Crippen LogP contribution in [0, 0.1) is 0 Å². The predicted molar refractivity (Wildman–Crippen MR) is 45.8 cm³/mol. The van der Waals surface area contributed by atoms with E-state index in [1.54, 1.807) is 6.92 Å². The standard InChI is InChI=1S/C8H15ClO2/c1-5-8(3,4)11-7(10)6(2)9/h6H,5H2,1-4H3. The maximum atomic E-state index is 11.0. The van der Waals surface area contributed by atoms with Crippen molar-refractivity contribution >= 4 is 17.6 Å². The molecule has 0 rings (SSSR count). The Kier molecular flexibility index (Phi) is 3.87. The molecule has 0 aromatic heterocycles. The van der Waals surface area contributed by atoms with Gasteiger partial charge in [-0.15, -0.1) is 11.6 Å². The van der Waals surface area contributed by atoms with Gasteiger partial charge in [-0.05, 0) is 27.2 Å². The van der Waals surface area contributed by atoms with E-state index in [1.807, 2.05) is 20.8 Å². The highest BCUT2D eigenvalue weighted by Gasteiger charge is 2.22. The van der Waals surface area contributed by atoms with E-state index in [0.29, 0.717) is 0 Å². The summed E-state index contributed by atoms with van der Waals surface area (Å²) in [5, 5.41) is -0.555. The fourth-order valence-electron chi connectivity index (χ4n) is 0.426. The van der Waals surface area contributed by atoms with Gasteiger partial charge in [0.05, 0.1) is 0 Å². The summed E-state index contributed by atoms with van der Waals surface area (Å²) in [6.45, 7) is 7.30. The van der Waals surface area contributed by atoms with Crippen molar-refractivity contribution in [3.63, 3.8) is 0 Å². The molecule has 0 saturated carbocycles. The van der Waals surface area contributed by atoms with Crippen molar-refractivity contribution in [1.29, 1.82) is 0 Å². The molecule has 0 aromatic carbocycles. The largest absolute Gasteiger partial charge is 0.459 e. The van der Waals surface area contributed by atoms with Crippen molar-refractivity contribution in [2.24, 2.45) is 0 Å². The Morgan fingerprint density at radius 3 is 2.36 bits per heavy atom. The molecule has 3 heteroatoms. The lowest BCUT2D eigenvalue weighted by molar-refractivity contribution is -0.155. The molecule has 0 bridgehead atoms. The van der Waals surface area contributed by atoms with Gasteiger partial charge in [-0.2, -0.15) is 0 Å². The van der Waals surface area contributed by atoms with E-state index in [1.165, 1.54) is 0 Å². The Bertz CT molecular complexity index is 141. The highest BCUT2D eigenvalue weighted by atomic mass is 35.5. The molecular weight excluding hydrogens is 164 g/mol. The lowest BCUT2D eigenvalue weighted by Gasteiger charge is -2.23. The SMILES string of the molecule is CCC(C)(C)OC(=O)C(C)Cl. The van der Waals surface area contributed by atoms with E-state index in [2.05, 4.69) is 0 Å². The summed E-state index contributed by atoms with van der Waals surface area (Å²) in [5.74, 6) is -0.349. The van der Waals surface area contributed by atoms with Gasteiger partial charge in [-0.25, -0.2) is 0 Å². The summed E-state index contributed by atoms with van der Waals surface area (Å²) in [7, 11) is 0. The average molecular weight is 179 g/mol. The maximum absolute atomic E-state index is 11.0. The van der Waals surface area contributed by atoms with Crippen molar-refractivity contribution in [3.05, 3.63) is 0 Å². The van der Waals surface area contributed by atoms with Crippen LogP contribution in [-0.4, -0.2) is 16.9 Å². The molecule has 0 aromatic rings. The molecule has 1 atom stereocenters. The number of esters is 1. The highest BCUT2D eigenvalue weighted by Crippen LogP contribution is 2.15. The first-order valence-electron chi connectivity index (χ1n) is 3.76. The van der Waals surface area contributed by atoms with E-state index >= 15 is 0 Å². The number of hydrogen-bond acceptors (Lipinski definition) is 2. The smallest absolute Gasteiger partial charge is 0.324 e. The third-order valence-electron chi connectivity index (χ3n) is 1.55. The van der Waals surface area contributed by atoms with Crippen molar-refractivity contribution in [2.75, 3.05) is 0 Å². The van der Waals surface area contributed by atoms with E-state index in [9.17, 15) is 4.79 Å². The van der Waals surface area contributed by atoms with Gasteiger partial charge in [0.2, 0.25) is 0 Å². The number of carbonyl (C=O) groups is 1. The minimum absolute atomic E-state index is 0.349. The molecule has 0 saturated heterocycles. The molecule has 1 unspecified atom stereocenters. The van der Waals surface area contributed by atoms with Crippen molar-refractivity contribution in [3.8, 4) is 0 Å². The average Bonchev–Trinajstić information content (AvgIpc) is 1.87. The summed E-state index contributed by atoms with van der Waals surface area (Å²) >= 11 is 5.52. The Morgan fingerprint density at radius 1 is 1.64 bits per heavy atom. The zero-order chi connectivity index (χ0) is 9.07. The molecular formula is C8H15ClO2. The van der Waals surface area contributed by atoms with Crippen LogP contribution in [0.15, 0.2) is 0 Å². The van der Waals surface area contributed by atoms with Crippen LogP contribution in [-0.2, 0) is 9.53 Å². The van der Waals surface area contributed by atoms with Crippen LogP contribution < -0.4 is 0 Å². The molecule has 0 aliphatic carbocycles. The molecule has 0 amide bonds. The van der Waals surface area contributed by atoms with E-state index in [0.717, 1.165) is 6.42 Å². The van der Waals surface area contributed by atoms with Gasteiger partial charge in [-0.1, -0.05) is 6.92 Å². The summed E-state index contributed by atoms with van der Waals surface area (Å²) < 4.78 is 5.08. The van der Waals surface area contributed by atoms with Gasteiger partial charge in [0, 0.05) is 0 Å². The van der Waals surface area contributed by atoms with Gasteiger partial charge in [0.15, 0.2) is 0 Å². The van der Waals surface area contributed by atoms with Gasteiger partial charge < -0.3 is 4.74 Å². The van der Waals surface area contributed by atoms with Crippen LogP contribution in [0.2, 0.25) is 0 Å². The van der Waals surface area contributed by atoms with Gasteiger partial charge in [-0.3, -0.25) is 4.79 Å². The lowest BCUT2D eigenvalue weighted by Crippen LogP contribution is -2.30. The van der Waals surface area contributed by atoms with E-state index < -0.39 is 5.38 Å². The van der Waals surface area contributed by atoms with Crippen molar-refractivity contribution in [1.82, 2.24) is 0 Å². The quantitative estimate of drug-likeness (QED) is 0.490. The first kappa shape index (κ1) is 10.8. The third-order valence-corrected chi connectivity index (χ3v) is 1.73. The summed E-state index contributed by atoms with van der Waals surface area (Å²) in [6.07, 6.45) is 0.794. The fourth-order valence-corrected chi connectivity index (χ4v) is 0.470. The summed E-state index contributed by atoms with van der Waals surface area (Å²) in [4.78, 5) is 11.0. The topological polar surface area (TPSA) is 26.3 Å². The molecule has 0 spiro atoms. The summed E-state index contributed by atoms with van der Waals surface area (Å²) in [6, 6.07) is 0. The lowest BCUT2D eigenvalue weighted by atomic mass is 10.1. The van der Waals surface area contributed by atoms with Crippen LogP contribution in [0.25, 0.3) is 0 Å². The predicted octanol–water partition coefficient (Wildman–Crippen LogP) is 2.35. The normalized spacial score (nSPS) is 14.3. The monoisotopic (exact) mass is 178 g/mol. The third kappa shape index (κ3) is 4.25. The molecule has 0 heterocycles. The van der Waals surface area contributed by atoms with Gasteiger partial charge >= 0.3 is 5.97 Å². The summed E-state index contributed by atoms with van der Waals surface area (Å²) in [5.41, 5.74) is -0.389. The van der Waals surface area contributed by atoms with Gasteiger partial charge in [0.25, 0.3) is 0 Å². The van der Waals surface area contributed by atoms with Crippen LogP contribution in [0.3, 0.4) is 0 Å². The van der Waals surface area contributed by atoms with Crippen LogP contribution in [0.4, 0.5) is 0 Å². The van der Waals surface area contributed by atoms with E-state index in [4.69, 9.17) is 16.3 Å². The van der Waals surface area contributed by atoms with Crippen LogP contribution in [0.1, 0.15) is 34.1 Å². The number of ether oxygens (including phenoxy) is 1. The highest BCUT2D eigenvalue weighted by molar-refractivity contribution is 6.29. The second-order valence-electron chi connectivity index (χ2n) is 3.15. The Morgan fingerprint density at radius 2 is 2.09 bits per heavy atom. The fraction of sp³-hybridized carbons (Fsp3) is 0.875. The van der Waals surface area contributed by atoms with Crippen LogP contribution >= 0.6 is 11.6 Å². The molecule has 0 radical (unpaired) electrons. The van der Waals surface area contributed by atoms with Crippen LogP contribution in [0.5, 0.6) is 0 Å².